The van der Waals surface area contributed by atoms with Crippen LogP contribution in [-0.2, 0) is 22.6 Å². The van der Waals surface area contributed by atoms with Gasteiger partial charge in [-0.15, -0.1) is 0 Å². The van der Waals surface area contributed by atoms with Crippen LogP contribution < -0.4 is 10.9 Å². The summed E-state index contributed by atoms with van der Waals surface area (Å²) in [6, 6.07) is 10.5. The first-order valence-corrected chi connectivity index (χ1v) is 8.15. The summed E-state index contributed by atoms with van der Waals surface area (Å²) in [6.07, 6.45) is 0.362. The largest absolute Gasteiger partial charge is 0.344 e. The van der Waals surface area contributed by atoms with E-state index in [2.05, 4.69) is 10.4 Å². The lowest BCUT2D eigenvalue weighted by Gasteiger charge is -2.16. The summed E-state index contributed by atoms with van der Waals surface area (Å²) < 4.78 is 0.954. The summed E-state index contributed by atoms with van der Waals surface area (Å²) in [7, 11) is 0. The zero-order chi connectivity index (χ0) is 19.3. The SMILES string of the molecule is CC(=O)[C@H](Cc1ccccc1)NC(=O)Cn1nc(C)c(C)c(C#N)c1=O. The van der Waals surface area contributed by atoms with Gasteiger partial charge in [0.25, 0.3) is 5.56 Å². The molecule has 0 radical (unpaired) electrons. The molecule has 1 heterocycles. The molecule has 0 aliphatic rings. The van der Waals surface area contributed by atoms with Crippen molar-refractivity contribution in [3.05, 3.63) is 63.1 Å². The normalized spacial score (nSPS) is 11.5. The highest BCUT2D eigenvalue weighted by Gasteiger charge is 2.19. The highest BCUT2D eigenvalue weighted by Crippen LogP contribution is 2.06. The maximum atomic E-state index is 12.3. The van der Waals surface area contributed by atoms with Crippen LogP contribution in [0.4, 0.5) is 0 Å². The van der Waals surface area contributed by atoms with Crippen molar-refractivity contribution in [3.8, 4) is 6.07 Å². The molecule has 134 valence electrons. The quantitative estimate of drug-likeness (QED) is 0.836. The Morgan fingerprint density at radius 3 is 2.50 bits per heavy atom. The van der Waals surface area contributed by atoms with Gasteiger partial charge in [-0.05, 0) is 38.3 Å². The molecule has 1 aromatic carbocycles. The van der Waals surface area contributed by atoms with Crippen LogP contribution in [0.25, 0.3) is 0 Å². The number of Topliss-reactive ketones (excluding diaryl/α,β-unsaturated/α-hetero) is 1. The zero-order valence-corrected chi connectivity index (χ0v) is 14.9. The molecule has 0 saturated heterocycles. The number of hydrogen-bond acceptors (Lipinski definition) is 5. The number of nitrogens with zero attached hydrogens (tertiary/aromatic N) is 3. The van der Waals surface area contributed by atoms with E-state index < -0.39 is 17.5 Å². The molecule has 1 atom stereocenters. The Kier molecular flexibility index (Phi) is 6.02. The Morgan fingerprint density at radius 1 is 1.27 bits per heavy atom. The average molecular weight is 352 g/mol. The third kappa shape index (κ3) is 4.42. The molecule has 0 fully saturated rings. The van der Waals surface area contributed by atoms with Gasteiger partial charge >= 0.3 is 0 Å². The molecule has 0 aliphatic heterocycles. The molecule has 2 rings (SSSR count). The molecule has 1 N–H and O–H groups in total. The van der Waals surface area contributed by atoms with Crippen LogP contribution in [0.1, 0.15) is 29.3 Å². The second-order valence-corrected chi connectivity index (χ2v) is 6.08. The van der Waals surface area contributed by atoms with Crippen LogP contribution in [-0.4, -0.2) is 27.5 Å². The number of aromatic nitrogens is 2. The van der Waals surface area contributed by atoms with Crippen molar-refractivity contribution >= 4 is 11.7 Å². The van der Waals surface area contributed by atoms with Gasteiger partial charge in [0, 0.05) is 0 Å². The van der Waals surface area contributed by atoms with E-state index >= 15 is 0 Å². The number of carbonyl (C=O) groups is 2. The fraction of sp³-hybridized carbons (Fsp3) is 0.316. The van der Waals surface area contributed by atoms with Crippen molar-refractivity contribution in [2.75, 3.05) is 0 Å². The van der Waals surface area contributed by atoms with E-state index in [-0.39, 0.29) is 17.9 Å². The summed E-state index contributed by atoms with van der Waals surface area (Å²) in [5.74, 6) is -0.691. The Bertz CT molecular complexity index is 926. The van der Waals surface area contributed by atoms with Crippen LogP contribution in [0, 0.1) is 25.2 Å². The molecule has 2 aromatic rings. The summed E-state index contributed by atoms with van der Waals surface area (Å²) >= 11 is 0. The standard InChI is InChI=1S/C19H20N4O3/c1-12-13(2)22-23(19(26)16(12)10-20)11-18(25)21-17(14(3)24)9-15-7-5-4-6-8-15/h4-8,17H,9,11H2,1-3H3,(H,21,25)/t17-/m0/s1. The van der Waals surface area contributed by atoms with Gasteiger partial charge in [0.2, 0.25) is 5.91 Å². The van der Waals surface area contributed by atoms with Crippen LogP contribution in [0.15, 0.2) is 35.1 Å². The summed E-state index contributed by atoms with van der Waals surface area (Å²) in [6.45, 7) is 4.35. The Morgan fingerprint density at radius 2 is 1.92 bits per heavy atom. The first-order valence-electron chi connectivity index (χ1n) is 8.15. The Labute approximate surface area is 151 Å². The maximum Gasteiger partial charge on any atom is 0.285 e. The number of carbonyl (C=O) groups excluding carboxylic acids is 2. The zero-order valence-electron chi connectivity index (χ0n) is 14.9. The minimum absolute atomic E-state index is 0.0299. The lowest BCUT2D eigenvalue weighted by molar-refractivity contribution is -0.127. The second-order valence-electron chi connectivity index (χ2n) is 6.08. The number of nitrogens with one attached hydrogen (secondary N) is 1. The second kappa shape index (κ2) is 8.21. The van der Waals surface area contributed by atoms with Gasteiger partial charge in [-0.3, -0.25) is 14.4 Å². The van der Waals surface area contributed by atoms with Gasteiger partial charge in [0.05, 0.1) is 11.7 Å². The molecule has 0 bridgehead atoms. The molecular weight excluding hydrogens is 332 g/mol. The van der Waals surface area contributed by atoms with Crippen LogP contribution in [0.5, 0.6) is 0 Å². The van der Waals surface area contributed by atoms with E-state index in [0.29, 0.717) is 17.7 Å². The topological polar surface area (TPSA) is 105 Å². The molecule has 26 heavy (non-hydrogen) atoms. The Balaban J connectivity index is 2.17. The summed E-state index contributed by atoms with van der Waals surface area (Å²) in [5.41, 5.74) is 1.27. The number of nitriles is 1. The molecule has 0 saturated carbocycles. The Hall–Kier alpha value is -3.27. The molecule has 1 amide bonds. The number of aryl methyl sites for hydroxylation is 1. The smallest absolute Gasteiger partial charge is 0.285 e. The van der Waals surface area contributed by atoms with Crippen LogP contribution in [0.3, 0.4) is 0 Å². The average Bonchev–Trinajstić information content (AvgIpc) is 2.60. The van der Waals surface area contributed by atoms with Gasteiger partial charge in [-0.1, -0.05) is 30.3 Å². The molecular formula is C19H20N4O3. The highest BCUT2D eigenvalue weighted by molar-refractivity contribution is 5.87. The van der Waals surface area contributed by atoms with Crippen molar-refractivity contribution in [2.24, 2.45) is 0 Å². The number of rotatable bonds is 6. The van der Waals surface area contributed by atoms with E-state index in [9.17, 15) is 14.4 Å². The van der Waals surface area contributed by atoms with E-state index in [4.69, 9.17) is 5.26 Å². The first-order chi connectivity index (χ1) is 12.3. The highest BCUT2D eigenvalue weighted by atomic mass is 16.2. The molecule has 0 spiro atoms. The van der Waals surface area contributed by atoms with E-state index in [1.165, 1.54) is 6.92 Å². The fourth-order valence-corrected chi connectivity index (χ4v) is 2.53. The molecule has 7 heteroatoms. The minimum atomic E-state index is -0.692. The third-order valence-corrected chi connectivity index (χ3v) is 4.15. The van der Waals surface area contributed by atoms with Gasteiger partial charge < -0.3 is 5.32 Å². The van der Waals surface area contributed by atoms with Crippen molar-refractivity contribution in [1.82, 2.24) is 15.1 Å². The van der Waals surface area contributed by atoms with Gasteiger partial charge in [0.15, 0.2) is 5.78 Å². The first kappa shape index (κ1) is 19.1. The van der Waals surface area contributed by atoms with Crippen molar-refractivity contribution in [2.45, 2.75) is 39.8 Å². The molecule has 0 unspecified atom stereocenters. The number of hydrogen-bond donors (Lipinski definition) is 1. The molecule has 1 aromatic heterocycles. The third-order valence-electron chi connectivity index (χ3n) is 4.15. The lowest BCUT2D eigenvalue weighted by atomic mass is 10.0. The fourth-order valence-electron chi connectivity index (χ4n) is 2.53. The lowest BCUT2D eigenvalue weighted by Crippen LogP contribution is -2.44. The van der Waals surface area contributed by atoms with Gasteiger partial charge in [0.1, 0.15) is 18.2 Å². The number of ketones is 1. The summed E-state index contributed by atoms with van der Waals surface area (Å²) in [5, 5.41) is 15.8. The summed E-state index contributed by atoms with van der Waals surface area (Å²) in [4.78, 5) is 36.4. The van der Waals surface area contributed by atoms with E-state index in [1.807, 2.05) is 36.4 Å². The van der Waals surface area contributed by atoms with Crippen molar-refractivity contribution in [3.63, 3.8) is 0 Å². The van der Waals surface area contributed by atoms with Crippen LogP contribution >= 0.6 is 0 Å². The maximum absolute atomic E-state index is 12.3. The van der Waals surface area contributed by atoms with Crippen molar-refractivity contribution < 1.29 is 9.59 Å². The predicted molar refractivity (Wildman–Crippen MR) is 95.4 cm³/mol. The van der Waals surface area contributed by atoms with Gasteiger partial charge in [-0.25, -0.2) is 4.68 Å². The van der Waals surface area contributed by atoms with Crippen LogP contribution in [0.2, 0.25) is 0 Å². The predicted octanol–water partition coefficient (Wildman–Crippen LogP) is 1.05. The number of amides is 1. The van der Waals surface area contributed by atoms with E-state index in [0.717, 1.165) is 10.2 Å². The van der Waals surface area contributed by atoms with Gasteiger partial charge in [-0.2, -0.15) is 10.4 Å². The molecule has 0 aliphatic carbocycles. The molecule has 7 nitrogen and oxygen atoms in total. The van der Waals surface area contributed by atoms with E-state index in [1.54, 1.807) is 13.8 Å². The van der Waals surface area contributed by atoms with Crippen molar-refractivity contribution in [1.29, 1.82) is 5.26 Å². The number of benzene rings is 1. The minimum Gasteiger partial charge on any atom is -0.344 e. The monoisotopic (exact) mass is 352 g/mol.